The SMILES string of the molecule is Clc1cc(-c2c[nH]c3ncccc23)cc(Nc2ccc3c(c2)OCCO3)n1. The van der Waals surface area contributed by atoms with Gasteiger partial charge in [-0.2, -0.15) is 0 Å². The van der Waals surface area contributed by atoms with Gasteiger partial charge < -0.3 is 19.8 Å². The van der Waals surface area contributed by atoms with Gasteiger partial charge in [-0.25, -0.2) is 9.97 Å². The van der Waals surface area contributed by atoms with Gasteiger partial charge >= 0.3 is 0 Å². The lowest BCUT2D eigenvalue weighted by molar-refractivity contribution is 0.171. The summed E-state index contributed by atoms with van der Waals surface area (Å²) in [7, 11) is 0. The molecule has 0 radical (unpaired) electrons. The molecule has 0 bridgehead atoms. The van der Waals surface area contributed by atoms with Crippen LogP contribution >= 0.6 is 11.6 Å². The van der Waals surface area contributed by atoms with Gasteiger partial charge in [0.05, 0.1) is 0 Å². The van der Waals surface area contributed by atoms with Gasteiger partial charge in [-0.05, 0) is 42.0 Å². The quantitative estimate of drug-likeness (QED) is 0.501. The summed E-state index contributed by atoms with van der Waals surface area (Å²) in [6, 6.07) is 13.4. The zero-order valence-corrected chi connectivity index (χ0v) is 15.0. The highest BCUT2D eigenvalue weighted by Gasteiger charge is 2.13. The monoisotopic (exact) mass is 378 g/mol. The molecule has 0 spiro atoms. The number of fused-ring (bicyclic) bond motifs is 2. The zero-order valence-electron chi connectivity index (χ0n) is 14.2. The number of nitrogens with one attached hydrogen (secondary N) is 2. The molecule has 4 heterocycles. The van der Waals surface area contributed by atoms with Crippen LogP contribution in [0.3, 0.4) is 0 Å². The van der Waals surface area contributed by atoms with E-state index in [0.29, 0.717) is 24.2 Å². The number of halogens is 1. The van der Waals surface area contributed by atoms with Crippen LogP contribution in [-0.2, 0) is 0 Å². The Morgan fingerprint density at radius 1 is 1.04 bits per heavy atom. The normalized spacial score (nSPS) is 12.9. The molecule has 0 atom stereocenters. The van der Waals surface area contributed by atoms with Crippen molar-refractivity contribution >= 4 is 34.1 Å². The molecule has 1 aliphatic rings. The number of aromatic amines is 1. The van der Waals surface area contributed by atoms with Gasteiger partial charge in [0.1, 0.15) is 29.8 Å². The Labute approximate surface area is 160 Å². The molecule has 0 fully saturated rings. The fraction of sp³-hybridized carbons (Fsp3) is 0.100. The van der Waals surface area contributed by atoms with Crippen LogP contribution in [0.25, 0.3) is 22.2 Å². The number of aromatic nitrogens is 3. The molecule has 0 amide bonds. The predicted octanol–water partition coefficient (Wildman–Crippen LogP) is 4.79. The van der Waals surface area contributed by atoms with E-state index in [9.17, 15) is 0 Å². The lowest BCUT2D eigenvalue weighted by Gasteiger charge is -2.19. The van der Waals surface area contributed by atoms with Crippen LogP contribution in [0.15, 0.2) is 54.9 Å². The molecule has 4 aromatic rings. The van der Waals surface area contributed by atoms with Crippen molar-refractivity contribution in [3.8, 4) is 22.6 Å². The van der Waals surface area contributed by atoms with Gasteiger partial charge in [0.15, 0.2) is 11.5 Å². The third-order valence-corrected chi connectivity index (χ3v) is 4.56. The summed E-state index contributed by atoms with van der Waals surface area (Å²) in [5.41, 5.74) is 3.66. The van der Waals surface area contributed by atoms with Crippen molar-refractivity contribution in [2.24, 2.45) is 0 Å². The van der Waals surface area contributed by atoms with Crippen LogP contribution in [-0.4, -0.2) is 28.2 Å². The second kappa shape index (κ2) is 6.48. The summed E-state index contributed by atoms with van der Waals surface area (Å²) >= 11 is 6.28. The Bertz CT molecular complexity index is 1140. The van der Waals surface area contributed by atoms with Crippen LogP contribution in [0, 0.1) is 0 Å². The molecule has 1 aromatic carbocycles. The van der Waals surface area contributed by atoms with Crippen LogP contribution in [0.5, 0.6) is 11.5 Å². The molecule has 5 rings (SSSR count). The van der Waals surface area contributed by atoms with E-state index in [1.165, 1.54) is 0 Å². The number of H-pyrrole nitrogens is 1. The van der Waals surface area contributed by atoms with Crippen molar-refractivity contribution in [1.82, 2.24) is 15.0 Å². The molecule has 6 nitrogen and oxygen atoms in total. The lowest BCUT2D eigenvalue weighted by atomic mass is 10.1. The first-order valence-electron chi connectivity index (χ1n) is 8.53. The topological polar surface area (TPSA) is 72.1 Å². The maximum Gasteiger partial charge on any atom is 0.163 e. The second-order valence-electron chi connectivity index (χ2n) is 6.15. The number of nitrogens with zero attached hydrogens (tertiary/aromatic N) is 2. The minimum absolute atomic E-state index is 0.408. The number of hydrogen-bond donors (Lipinski definition) is 2. The number of anilines is 2. The summed E-state index contributed by atoms with van der Waals surface area (Å²) in [6.07, 6.45) is 3.69. The first kappa shape index (κ1) is 16.0. The largest absolute Gasteiger partial charge is 0.486 e. The van der Waals surface area contributed by atoms with Crippen molar-refractivity contribution in [3.63, 3.8) is 0 Å². The third-order valence-electron chi connectivity index (χ3n) is 4.37. The molecule has 0 saturated heterocycles. The first-order chi connectivity index (χ1) is 13.3. The Kier molecular flexibility index (Phi) is 3.83. The molecular formula is C20H15ClN4O2. The molecule has 3 aromatic heterocycles. The summed E-state index contributed by atoms with van der Waals surface area (Å²) in [5, 5.41) is 4.73. The molecule has 1 aliphatic heterocycles. The van der Waals surface area contributed by atoms with Gasteiger partial charge in [0.2, 0.25) is 0 Å². The lowest BCUT2D eigenvalue weighted by Crippen LogP contribution is -2.15. The number of pyridine rings is 2. The average Bonchev–Trinajstić information content (AvgIpc) is 3.12. The third kappa shape index (κ3) is 3.04. The van der Waals surface area contributed by atoms with Crippen LogP contribution in [0.4, 0.5) is 11.5 Å². The fourth-order valence-corrected chi connectivity index (χ4v) is 3.39. The van der Waals surface area contributed by atoms with E-state index in [1.807, 2.05) is 48.7 Å². The van der Waals surface area contributed by atoms with Gasteiger partial charge in [-0.3, -0.25) is 0 Å². The highest BCUT2D eigenvalue weighted by atomic mass is 35.5. The van der Waals surface area contributed by atoms with E-state index in [2.05, 4.69) is 20.3 Å². The zero-order chi connectivity index (χ0) is 18.2. The van der Waals surface area contributed by atoms with Crippen LogP contribution in [0.1, 0.15) is 0 Å². The molecule has 2 N–H and O–H groups in total. The van der Waals surface area contributed by atoms with Crippen molar-refractivity contribution in [2.45, 2.75) is 0 Å². The first-order valence-corrected chi connectivity index (χ1v) is 8.91. The van der Waals surface area contributed by atoms with Crippen molar-refractivity contribution in [2.75, 3.05) is 18.5 Å². The molecule has 0 saturated carbocycles. The Morgan fingerprint density at radius 2 is 1.93 bits per heavy atom. The van der Waals surface area contributed by atoms with Crippen LogP contribution in [0.2, 0.25) is 5.15 Å². The van der Waals surface area contributed by atoms with Gasteiger partial charge in [0, 0.05) is 35.1 Å². The highest BCUT2D eigenvalue weighted by molar-refractivity contribution is 6.29. The number of ether oxygens (including phenoxy) is 2. The van der Waals surface area contributed by atoms with Crippen molar-refractivity contribution in [1.29, 1.82) is 0 Å². The fourth-order valence-electron chi connectivity index (χ4n) is 3.18. The van der Waals surface area contributed by atoms with E-state index in [4.69, 9.17) is 21.1 Å². The average molecular weight is 379 g/mol. The predicted molar refractivity (Wildman–Crippen MR) is 105 cm³/mol. The summed E-state index contributed by atoms with van der Waals surface area (Å²) in [5.74, 6) is 2.11. The Balaban J connectivity index is 1.51. The van der Waals surface area contributed by atoms with Crippen LogP contribution < -0.4 is 14.8 Å². The second-order valence-corrected chi connectivity index (χ2v) is 6.54. The molecule has 0 aliphatic carbocycles. The molecule has 0 unspecified atom stereocenters. The minimum Gasteiger partial charge on any atom is -0.486 e. The van der Waals surface area contributed by atoms with Crippen molar-refractivity contribution in [3.05, 3.63) is 60.0 Å². The van der Waals surface area contributed by atoms with Gasteiger partial charge in [0.25, 0.3) is 0 Å². The van der Waals surface area contributed by atoms with E-state index < -0.39 is 0 Å². The number of hydrogen-bond acceptors (Lipinski definition) is 5. The maximum absolute atomic E-state index is 6.28. The Morgan fingerprint density at radius 3 is 2.85 bits per heavy atom. The molecule has 27 heavy (non-hydrogen) atoms. The summed E-state index contributed by atoms with van der Waals surface area (Å²) in [6.45, 7) is 1.11. The number of rotatable bonds is 3. The standard InChI is InChI=1S/C20H15ClN4O2/c21-18-8-12(15-11-23-20-14(15)2-1-5-22-20)9-19(25-18)24-13-3-4-16-17(10-13)27-7-6-26-16/h1-5,8-11H,6-7H2,(H,22,23)(H,24,25). The van der Waals surface area contributed by atoms with E-state index >= 15 is 0 Å². The summed E-state index contributed by atoms with van der Waals surface area (Å²) < 4.78 is 11.2. The maximum atomic E-state index is 6.28. The molecule has 7 heteroatoms. The Hall–Kier alpha value is -3.25. The highest BCUT2D eigenvalue weighted by Crippen LogP contribution is 2.35. The van der Waals surface area contributed by atoms with E-state index in [-0.39, 0.29) is 0 Å². The van der Waals surface area contributed by atoms with Crippen molar-refractivity contribution < 1.29 is 9.47 Å². The van der Waals surface area contributed by atoms with Gasteiger partial charge in [-0.15, -0.1) is 0 Å². The van der Waals surface area contributed by atoms with E-state index in [0.717, 1.165) is 39.3 Å². The van der Waals surface area contributed by atoms with E-state index in [1.54, 1.807) is 6.20 Å². The summed E-state index contributed by atoms with van der Waals surface area (Å²) in [4.78, 5) is 11.9. The molecule has 134 valence electrons. The number of benzene rings is 1. The van der Waals surface area contributed by atoms with Gasteiger partial charge in [-0.1, -0.05) is 11.6 Å². The minimum atomic E-state index is 0.408. The molecular weight excluding hydrogens is 364 g/mol. The smallest absolute Gasteiger partial charge is 0.163 e.